The molecule has 0 aliphatic carbocycles. The number of benzene rings is 1. The number of likely N-dealkylation sites (N-methyl/N-ethyl adjacent to an activating group) is 1. The minimum absolute atomic E-state index is 0.00883. The second-order valence-corrected chi connectivity index (χ2v) is 6.04. The van der Waals surface area contributed by atoms with Gasteiger partial charge in [0.15, 0.2) is 0 Å². The Morgan fingerprint density at radius 3 is 2.30 bits per heavy atom. The van der Waals surface area contributed by atoms with Crippen LogP contribution >= 0.6 is 0 Å². The zero-order valence-electron chi connectivity index (χ0n) is 14.3. The molecule has 1 atom stereocenters. The molecule has 0 unspecified atom stereocenters. The average Bonchev–Trinajstić information content (AvgIpc) is 2.99. The quantitative estimate of drug-likeness (QED) is 0.873. The van der Waals surface area contributed by atoms with E-state index in [4.69, 9.17) is 0 Å². The number of nitrogens with one attached hydrogen (secondary N) is 1. The molecule has 1 aromatic carbocycles. The molecule has 5 nitrogen and oxygen atoms in total. The van der Waals surface area contributed by atoms with Crippen LogP contribution in [0.25, 0.3) is 0 Å². The summed E-state index contributed by atoms with van der Waals surface area (Å²) in [6.07, 6.45) is 2.33. The highest BCUT2D eigenvalue weighted by Gasteiger charge is 2.21. The van der Waals surface area contributed by atoms with E-state index >= 15 is 0 Å². The van der Waals surface area contributed by atoms with Crippen molar-refractivity contribution >= 4 is 11.8 Å². The molecule has 1 heterocycles. The molecule has 1 aromatic rings. The predicted molar refractivity (Wildman–Crippen MR) is 91.7 cm³/mol. The van der Waals surface area contributed by atoms with Crippen LogP contribution in [0.4, 0.5) is 0 Å². The summed E-state index contributed by atoms with van der Waals surface area (Å²) in [5.41, 5.74) is 1.22. The number of hydrogen-bond donors (Lipinski definition) is 1. The van der Waals surface area contributed by atoms with Gasteiger partial charge in [0.2, 0.25) is 0 Å². The van der Waals surface area contributed by atoms with Crippen molar-refractivity contribution in [2.24, 2.45) is 0 Å². The van der Waals surface area contributed by atoms with Crippen LogP contribution in [0.5, 0.6) is 0 Å². The van der Waals surface area contributed by atoms with Crippen LogP contribution in [-0.4, -0.2) is 60.9 Å². The Morgan fingerprint density at radius 1 is 1.17 bits per heavy atom. The lowest BCUT2D eigenvalue weighted by Gasteiger charge is -2.20. The van der Waals surface area contributed by atoms with E-state index in [-0.39, 0.29) is 11.8 Å². The van der Waals surface area contributed by atoms with Gasteiger partial charge in [-0.2, -0.15) is 0 Å². The lowest BCUT2D eigenvalue weighted by molar-refractivity contribution is 0.0772. The van der Waals surface area contributed by atoms with Gasteiger partial charge in [-0.3, -0.25) is 9.59 Å². The van der Waals surface area contributed by atoms with Gasteiger partial charge in [0.05, 0.1) is 0 Å². The van der Waals surface area contributed by atoms with Gasteiger partial charge in [0, 0.05) is 36.8 Å². The number of carbonyl (C=O) groups is 2. The highest BCUT2D eigenvalue weighted by atomic mass is 16.2. The summed E-state index contributed by atoms with van der Waals surface area (Å²) in [5, 5.41) is 2.99. The highest BCUT2D eigenvalue weighted by Crippen LogP contribution is 2.14. The van der Waals surface area contributed by atoms with Gasteiger partial charge < -0.3 is 15.1 Å². The summed E-state index contributed by atoms with van der Waals surface area (Å²) in [6, 6.07) is 7.35. The Bertz CT molecular complexity index is 538. The SMILES string of the molecule is CCN(CC)C(=O)c1ccc(C(=O)NC[C@@H]2CCCN2C)cc1. The molecule has 0 spiro atoms. The van der Waals surface area contributed by atoms with Crippen LogP contribution in [0, 0.1) is 0 Å². The van der Waals surface area contributed by atoms with Gasteiger partial charge in [-0.05, 0) is 64.5 Å². The molecule has 1 fully saturated rings. The van der Waals surface area contributed by atoms with E-state index < -0.39 is 0 Å². The number of likely N-dealkylation sites (tertiary alicyclic amines) is 1. The molecular formula is C18H27N3O2. The maximum absolute atomic E-state index is 12.2. The van der Waals surface area contributed by atoms with Gasteiger partial charge in [-0.25, -0.2) is 0 Å². The number of hydrogen-bond acceptors (Lipinski definition) is 3. The van der Waals surface area contributed by atoms with E-state index in [2.05, 4.69) is 17.3 Å². The first kappa shape index (κ1) is 17.5. The first-order valence-corrected chi connectivity index (χ1v) is 8.44. The summed E-state index contributed by atoms with van der Waals surface area (Å²) in [4.78, 5) is 28.5. The van der Waals surface area contributed by atoms with Gasteiger partial charge in [0.1, 0.15) is 0 Å². The second kappa shape index (κ2) is 8.11. The van der Waals surface area contributed by atoms with Crippen molar-refractivity contribution in [1.82, 2.24) is 15.1 Å². The summed E-state index contributed by atoms with van der Waals surface area (Å²) >= 11 is 0. The molecule has 0 aromatic heterocycles. The first-order chi connectivity index (χ1) is 11.1. The Kier molecular flexibility index (Phi) is 6.16. The monoisotopic (exact) mass is 317 g/mol. The molecule has 5 heteroatoms. The number of carbonyl (C=O) groups excluding carboxylic acids is 2. The maximum Gasteiger partial charge on any atom is 0.253 e. The smallest absolute Gasteiger partial charge is 0.253 e. The van der Waals surface area contributed by atoms with Crippen LogP contribution < -0.4 is 5.32 Å². The van der Waals surface area contributed by atoms with Crippen molar-refractivity contribution in [2.45, 2.75) is 32.7 Å². The van der Waals surface area contributed by atoms with Crippen LogP contribution in [0.15, 0.2) is 24.3 Å². The van der Waals surface area contributed by atoms with Crippen molar-refractivity contribution in [2.75, 3.05) is 33.2 Å². The van der Waals surface area contributed by atoms with E-state index in [0.717, 1.165) is 13.0 Å². The van der Waals surface area contributed by atoms with Crippen LogP contribution in [0.3, 0.4) is 0 Å². The molecule has 0 radical (unpaired) electrons. The Balaban J connectivity index is 1.93. The van der Waals surface area contributed by atoms with Crippen molar-refractivity contribution in [3.05, 3.63) is 35.4 Å². The molecule has 1 aliphatic rings. The number of nitrogens with zero attached hydrogens (tertiary/aromatic N) is 2. The molecule has 1 saturated heterocycles. The molecule has 0 saturated carbocycles. The minimum atomic E-state index is -0.0767. The second-order valence-electron chi connectivity index (χ2n) is 6.04. The topological polar surface area (TPSA) is 52.7 Å². The van der Waals surface area contributed by atoms with E-state index in [1.807, 2.05) is 13.8 Å². The fraction of sp³-hybridized carbons (Fsp3) is 0.556. The molecule has 2 amide bonds. The van der Waals surface area contributed by atoms with E-state index in [0.29, 0.717) is 36.8 Å². The third-order valence-corrected chi connectivity index (χ3v) is 4.61. The zero-order chi connectivity index (χ0) is 16.8. The third kappa shape index (κ3) is 4.32. The highest BCUT2D eigenvalue weighted by molar-refractivity contribution is 5.97. The van der Waals surface area contributed by atoms with Crippen molar-refractivity contribution in [3.63, 3.8) is 0 Å². The molecular weight excluding hydrogens is 290 g/mol. The molecule has 23 heavy (non-hydrogen) atoms. The van der Waals surface area contributed by atoms with Crippen LogP contribution in [-0.2, 0) is 0 Å². The van der Waals surface area contributed by atoms with Crippen molar-refractivity contribution in [1.29, 1.82) is 0 Å². The van der Waals surface area contributed by atoms with Gasteiger partial charge >= 0.3 is 0 Å². The third-order valence-electron chi connectivity index (χ3n) is 4.61. The van der Waals surface area contributed by atoms with E-state index in [1.165, 1.54) is 6.42 Å². The van der Waals surface area contributed by atoms with Gasteiger partial charge in [-0.15, -0.1) is 0 Å². The van der Waals surface area contributed by atoms with Crippen LogP contribution in [0.1, 0.15) is 47.4 Å². The fourth-order valence-corrected chi connectivity index (χ4v) is 3.01. The standard InChI is InChI=1S/C18H27N3O2/c1-4-21(5-2)18(23)15-10-8-14(9-11-15)17(22)19-13-16-7-6-12-20(16)3/h8-11,16H,4-7,12-13H2,1-3H3,(H,19,22)/t16-/m0/s1. The maximum atomic E-state index is 12.2. The first-order valence-electron chi connectivity index (χ1n) is 8.44. The number of rotatable bonds is 6. The Hall–Kier alpha value is -1.88. The van der Waals surface area contributed by atoms with Gasteiger partial charge in [-0.1, -0.05) is 0 Å². The molecule has 126 valence electrons. The lowest BCUT2D eigenvalue weighted by atomic mass is 10.1. The lowest BCUT2D eigenvalue weighted by Crippen LogP contribution is -2.38. The molecule has 1 N–H and O–H groups in total. The molecule has 1 aliphatic heterocycles. The Morgan fingerprint density at radius 2 is 1.78 bits per heavy atom. The van der Waals surface area contributed by atoms with E-state index in [9.17, 15) is 9.59 Å². The zero-order valence-corrected chi connectivity index (χ0v) is 14.3. The number of amides is 2. The minimum Gasteiger partial charge on any atom is -0.350 e. The molecule has 2 rings (SSSR count). The molecule has 0 bridgehead atoms. The predicted octanol–water partition coefficient (Wildman–Crippen LogP) is 1.99. The fourth-order valence-electron chi connectivity index (χ4n) is 3.01. The normalized spacial score (nSPS) is 18.0. The summed E-state index contributed by atoms with van der Waals surface area (Å²) in [7, 11) is 2.09. The van der Waals surface area contributed by atoms with Crippen LogP contribution in [0.2, 0.25) is 0 Å². The van der Waals surface area contributed by atoms with Crippen molar-refractivity contribution in [3.8, 4) is 0 Å². The Labute approximate surface area is 138 Å². The summed E-state index contributed by atoms with van der Waals surface area (Å²) < 4.78 is 0. The van der Waals surface area contributed by atoms with Gasteiger partial charge in [0.25, 0.3) is 11.8 Å². The summed E-state index contributed by atoms with van der Waals surface area (Å²) in [6.45, 7) is 7.07. The largest absolute Gasteiger partial charge is 0.350 e. The van der Waals surface area contributed by atoms with Crippen molar-refractivity contribution < 1.29 is 9.59 Å². The average molecular weight is 317 g/mol. The van der Waals surface area contributed by atoms with E-state index in [1.54, 1.807) is 29.2 Å². The summed E-state index contributed by atoms with van der Waals surface area (Å²) in [5.74, 6) is -0.0679.